The Hall–Kier alpha value is -2.20. The van der Waals surface area contributed by atoms with Gasteiger partial charge in [-0.3, -0.25) is 9.11 Å². The molecule has 4 N–H and O–H groups in total. The molecule has 0 atom stereocenters. The largest absolute Gasteiger partial charge is 0.399 e. The van der Waals surface area contributed by atoms with Crippen molar-refractivity contribution in [3.63, 3.8) is 0 Å². The zero-order valence-corrected chi connectivity index (χ0v) is 13.3. The molecule has 0 saturated carbocycles. The average molecular weight is 355 g/mol. The lowest BCUT2D eigenvalue weighted by atomic mass is 10.1. The number of nitrogen functional groups attached to an aromatic ring is 1. The van der Waals surface area contributed by atoms with Crippen LogP contribution in [0.25, 0.3) is 12.2 Å². The van der Waals surface area contributed by atoms with E-state index in [4.69, 9.17) is 10.3 Å². The van der Waals surface area contributed by atoms with E-state index in [-0.39, 0.29) is 5.56 Å². The highest BCUT2D eigenvalue weighted by molar-refractivity contribution is 7.89. The van der Waals surface area contributed by atoms with Crippen molar-refractivity contribution < 1.29 is 25.9 Å². The molecule has 0 fully saturated rings. The SMILES string of the molecule is Nc1ccc(C=Cc2cccc(S(=O)(=O)O)c2S(=O)(=O)O)cc1. The van der Waals surface area contributed by atoms with Gasteiger partial charge in [-0.05, 0) is 29.3 Å². The normalized spacial score (nSPS) is 12.6. The van der Waals surface area contributed by atoms with Crippen molar-refractivity contribution in [1.29, 1.82) is 0 Å². The molecule has 0 bridgehead atoms. The summed E-state index contributed by atoms with van der Waals surface area (Å²) in [5, 5.41) is 0. The van der Waals surface area contributed by atoms with Crippen molar-refractivity contribution in [2.75, 3.05) is 5.73 Å². The predicted octanol–water partition coefficient (Wildman–Crippen LogP) is 1.93. The van der Waals surface area contributed by atoms with Gasteiger partial charge in [-0.15, -0.1) is 0 Å². The van der Waals surface area contributed by atoms with Gasteiger partial charge in [0.2, 0.25) is 0 Å². The highest BCUT2D eigenvalue weighted by Crippen LogP contribution is 2.26. The molecule has 0 aromatic heterocycles. The maximum Gasteiger partial charge on any atom is 0.296 e. The number of rotatable bonds is 4. The molecule has 2 rings (SSSR count). The topological polar surface area (TPSA) is 135 Å². The lowest BCUT2D eigenvalue weighted by molar-refractivity contribution is 0.466. The Morgan fingerprint density at radius 2 is 1.43 bits per heavy atom. The van der Waals surface area contributed by atoms with E-state index in [9.17, 15) is 21.4 Å². The van der Waals surface area contributed by atoms with Crippen molar-refractivity contribution in [2.24, 2.45) is 0 Å². The van der Waals surface area contributed by atoms with Crippen LogP contribution >= 0.6 is 0 Å². The van der Waals surface area contributed by atoms with Crippen LogP contribution < -0.4 is 5.73 Å². The molecule has 0 amide bonds. The number of nitrogens with two attached hydrogens (primary N) is 1. The van der Waals surface area contributed by atoms with Crippen LogP contribution in [0.5, 0.6) is 0 Å². The van der Waals surface area contributed by atoms with E-state index in [0.717, 1.165) is 6.07 Å². The number of hydrogen-bond donors (Lipinski definition) is 3. The fourth-order valence-electron chi connectivity index (χ4n) is 1.94. The summed E-state index contributed by atoms with van der Waals surface area (Å²) in [6.07, 6.45) is 2.82. The summed E-state index contributed by atoms with van der Waals surface area (Å²) < 4.78 is 64.1. The second-order valence-corrected chi connectivity index (χ2v) is 7.37. The van der Waals surface area contributed by atoms with E-state index < -0.39 is 30.0 Å². The molecule has 23 heavy (non-hydrogen) atoms. The van der Waals surface area contributed by atoms with Gasteiger partial charge in [0, 0.05) is 5.69 Å². The highest BCUT2D eigenvalue weighted by Gasteiger charge is 2.26. The third kappa shape index (κ3) is 4.17. The van der Waals surface area contributed by atoms with Crippen molar-refractivity contribution >= 4 is 38.1 Å². The third-order valence-corrected chi connectivity index (χ3v) is 4.93. The third-order valence-electron chi connectivity index (χ3n) is 2.94. The van der Waals surface area contributed by atoms with Crippen LogP contribution in [-0.4, -0.2) is 25.9 Å². The van der Waals surface area contributed by atoms with Crippen LogP contribution in [0.1, 0.15) is 11.1 Å². The van der Waals surface area contributed by atoms with Gasteiger partial charge in [0.15, 0.2) is 0 Å². The Labute approximate surface area is 133 Å². The number of anilines is 1. The molecule has 0 heterocycles. The first kappa shape index (κ1) is 17.2. The Bertz CT molecular complexity index is 961. The Morgan fingerprint density at radius 3 is 1.96 bits per heavy atom. The fourth-order valence-corrected chi connectivity index (χ4v) is 3.93. The molecule has 0 saturated heterocycles. The Morgan fingerprint density at radius 1 is 0.826 bits per heavy atom. The number of hydrogen-bond acceptors (Lipinski definition) is 5. The molecule has 0 aliphatic carbocycles. The molecule has 0 aliphatic heterocycles. The van der Waals surface area contributed by atoms with Gasteiger partial charge in [0.05, 0.1) is 0 Å². The van der Waals surface area contributed by atoms with E-state index in [1.54, 1.807) is 24.3 Å². The van der Waals surface area contributed by atoms with Gasteiger partial charge in [0.1, 0.15) is 9.79 Å². The molecule has 0 unspecified atom stereocenters. The van der Waals surface area contributed by atoms with Crippen molar-refractivity contribution in [3.05, 3.63) is 53.6 Å². The molecule has 122 valence electrons. The Balaban J connectivity index is 2.61. The standard InChI is InChI=1S/C14H13NO6S2/c15-12-8-5-10(6-9-12)4-7-11-2-1-3-13(22(16,17)18)14(11)23(19,20)21/h1-9H,15H2,(H,16,17,18)(H,19,20,21). The van der Waals surface area contributed by atoms with Crippen LogP contribution in [0.2, 0.25) is 0 Å². The van der Waals surface area contributed by atoms with Gasteiger partial charge in [-0.1, -0.05) is 36.4 Å². The lowest BCUT2D eigenvalue weighted by Crippen LogP contribution is -2.10. The summed E-state index contributed by atoms with van der Waals surface area (Å²) in [5.74, 6) is 0. The smallest absolute Gasteiger partial charge is 0.296 e. The molecule has 0 spiro atoms. The molecule has 9 heteroatoms. The zero-order chi connectivity index (χ0) is 17.3. The van der Waals surface area contributed by atoms with E-state index in [1.807, 2.05) is 0 Å². The molecule has 2 aromatic carbocycles. The van der Waals surface area contributed by atoms with Gasteiger partial charge in [0.25, 0.3) is 20.2 Å². The second kappa shape index (κ2) is 6.13. The van der Waals surface area contributed by atoms with E-state index in [0.29, 0.717) is 11.3 Å². The van der Waals surface area contributed by atoms with Gasteiger partial charge in [-0.2, -0.15) is 16.8 Å². The van der Waals surface area contributed by atoms with Gasteiger partial charge < -0.3 is 5.73 Å². The monoisotopic (exact) mass is 355 g/mol. The van der Waals surface area contributed by atoms with Crippen molar-refractivity contribution in [1.82, 2.24) is 0 Å². The molecule has 7 nitrogen and oxygen atoms in total. The summed E-state index contributed by atoms with van der Waals surface area (Å²) in [6.45, 7) is 0. The minimum Gasteiger partial charge on any atom is -0.399 e. The van der Waals surface area contributed by atoms with E-state index in [2.05, 4.69) is 0 Å². The molecular weight excluding hydrogens is 342 g/mol. The minimum atomic E-state index is -4.87. The van der Waals surface area contributed by atoms with E-state index >= 15 is 0 Å². The maximum absolute atomic E-state index is 11.5. The molecule has 0 radical (unpaired) electrons. The summed E-state index contributed by atoms with van der Waals surface area (Å²) >= 11 is 0. The fraction of sp³-hybridized carbons (Fsp3) is 0. The summed E-state index contributed by atoms with van der Waals surface area (Å²) in [6, 6.07) is 10.1. The maximum atomic E-state index is 11.5. The molecular formula is C14H13NO6S2. The van der Waals surface area contributed by atoms with Crippen LogP contribution in [0.15, 0.2) is 52.3 Å². The second-order valence-electron chi connectivity index (χ2n) is 4.62. The van der Waals surface area contributed by atoms with Crippen molar-refractivity contribution in [2.45, 2.75) is 9.79 Å². The van der Waals surface area contributed by atoms with Gasteiger partial charge >= 0.3 is 0 Å². The highest BCUT2D eigenvalue weighted by atomic mass is 32.2. The summed E-state index contributed by atoms with van der Waals surface area (Å²) in [5.41, 5.74) is 6.70. The molecule has 0 aliphatic rings. The minimum absolute atomic E-state index is 0.0838. The predicted molar refractivity (Wildman–Crippen MR) is 85.9 cm³/mol. The van der Waals surface area contributed by atoms with Crippen LogP contribution in [-0.2, 0) is 20.2 Å². The summed E-state index contributed by atoms with van der Waals surface area (Å²) in [7, 11) is -9.69. The van der Waals surface area contributed by atoms with Crippen LogP contribution in [0.3, 0.4) is 0 Å². The van der Waals surface area contributed by atoms with Crippen LogP contribution in [0.4, 0.5) is 5.69 Å². The lowest BCUT2D eigenvalue weighted by Gasteiger charge is -2.07. The number of benzene rings is 2. The molecule has 2 aromatic rings. The average Bonchev–Trinajstić information content (AvgIpc) is 2.44. The van der Waals surface area contributed by atoms with E-state index in [1.165, 1.54) is 24.3 Å². The van der Waals surface area contributed by atoms with Gasteiger partial charge in [-0.25, -0.2) is 0 Å². The van der Waals surface area contributed by atoms with Crippen molar-refractivity contribution in [3.8, 4) is 0 Å². The Kier molecular flexibility index (Phi) is 4.57. The first-order valence-corrected chi connectivity index (χ1v) is 9.08. The van der Waals surface area contributed by atoms with Crippen LogP contribution in [0, 0.1) is 0 Å². The first-order valence-electron chi connectivity index (χ1n) is 6.20. The zero-order valence-electron chi connectivity index (χ0n) is 11.6. The quantitative estimate of drug-likeness (QED) is 0.433. The first-order chi connectivity index (χ1) is 10.6. The summed E-state index contributed by atoms with van der Waals surface area (Å²) in [4.78, 5) is -1.77.